The Labute approximate surface area is 193 Å². The Morgan fingerprint density at radius 2 is 2.03 bits per heavy atom. The predicted molar refractivity (Wildman–Crippen MR) is 113 cm³/mol. The average molecular weight is 482 g/mol. The van der Waals surface area contributed by atoms with Gasteiger partial charge < -0.3 is 30.5 Å². The van der Waals surface area contributed by atoms with Crippen molar-refractivity contribution in [1.82, 2.24) is 25.2 Å². The molecule has 0 aromatic carbocycles. The Kier molecular flexibility index (Phi) is 6.98. The number of nitrogens with one attached hydrogen (secondary N) is 2. The summed E-state index contributed by atoms with van der Waals surface area (Å²) in [4.78, 5) is 26.1. The largest absolute Gasteiger partial charge is 0.434 e. The molecule has 0 aliphatic carbocycles. The van der Waals surface area contributed by atoms with E-state index in [0.717, 1.165) is 37.0 Å². The number of rotatable bonds is 5. The van der Waals surface area contributed by atoms with Crippen LogP contribution in [-0.2, 0) is 23.9 Å². The van der Waals surface area contributed by atoms with Crippen molar-refractivity contribution >= 4 is 11.7 Å². The van der Waals surface area contributed by atoms with E-state index >= 15 is 0 Å². The molecule has 0 spiro atoms. The number of alkyl halides is 3. The standard InChI is InChI=1S/C21H25F3N6O4/c1-30-5-4-12-11(9-30)2-3-13(27-12)20(33)26-6-15-19(32)18(31)14(10-34-15)28-17-8-25-7-16(29-17)21(22,23)24/h2-3,7-8,14-15,18-19,31-32H,4-6,9-10H2,1H3,(H,26,33)(H,28,29)/t14-,15+,18+,19-/m0/s1. The molecule has 2 aromatic heterocycles. The summed E-state index contributed by atoms with van der Waals surface area (Å²) >= 11 is 0. The smallest absolute Gasteiger partial charge is 0.388 e. The van der Waals surface area contributed by atoms with Crippen LogP contribution in [0.5, 0.6) is 0 Å². The number of halogens is 3. The van der Waals surface area contributed by atoms with Crippen molar-refractivity contribution in [1.29, 1.82) is 0 Å². The van der Waals surface area contributed by atoms with Gasteiger partial charge >= 0.3 is 6.18 Å². The van der Waals surface area contributed by atoms with E-state index in [2.05, 4.69) is 30.5 Å². The van der Waals surface area contributed by atoms with Gasteiger partial charge in [-0.1, -0.05) is 6.07 Å². The van der Waals surface area contributed by atoms with Crippen molar-refractivity contribution in [2.45, 2.75) is 43.5 Å². The van der Waals surface area contributed by atoms with Crippen LogP contribution in [0.4, 0.5) is 19.0 Å². The number of pyridine rings is 1. The van der Waals surface area contributed by atoms with Crippen molar-refractivity contribution in [2.24, 2.45) is 0 Å². The van der Waals surface area contributed by atoms with E-state index in [4.69, 9.17) is 4.74 Å². The number of fused-ring (bicyclic) bond motifs is 1. The third kappa shape index (κ3) is 5.43. The van der Waals surface area contributed by atoms with E-state index in [1.165, 1.54) is 0 Å². The lowest BCUT2D eigenvalue weighted by Gasteiger charge is -2.38. The minimum Gasteiger partial charge on any atom is -0.388 e. The molecule has 2 aromatic rings. The zero-order chi connectivity index (χ0) is 24.5. The number of hydrogen-bond acceptors (Lipinski definition) is 9. The summed E-state index contributed by atoms with van der Waals surface area (Å²) in [5, 5.41) is 26.1. The third-order valence-corrected chi connectivity index (χ3v) is 5.83. The van der Waals surface area contributed by atoms with E-state index in [0.29, 0.717) is 6.20 Å². The fourth-order valence-corrected chi connectivity index (χ4v) is 3.92. The third-order valence-electron chi connectivity index (χ3n) is 5.83. The zero-order valence-corrected chi connectivity index (χ0v) is 18.3. The first-order chi connectivity index (χ1) is 16.1. The number of anilines is 1. The molecule has 0 bridgehead atoms. The highest BCUT2D eigenvalue weighted by Crippen LogP contribution is 2.28. The molecule has 0 saturated carbocycles. The number of aliphatic hydroxyl groups is 2. The predicted octanol–water partition coefficient (Wildman–Crippen LogP) is 0.209. The van der Waals surface area contributed by atoms with Crippen molar-refractivity contribution < 1.29 is 32.9 Å². The Hall–Kier alpha value is -2.87. The van der Waals surface area contributed by atoms with Crippen molar-refractivity contribution in [2.75, 3.05) is 32.1 Å². The Morgan fingerprint density at radius 3 is 2.79 bits per heavy atom. The number of ether oxygens (including phenoxy) is 1. The van der Waals surface area contributed by atoms with Gasteiger partial charge in [0.15, 0.2) is 5.69 Å². The van der Waals surface area contributed by atoms with Gasteiger partial charge in [-0.2, -0.15) is 13.2 Å². The van der Waals surface area contributed by atoms with Crippen LogP contribution in [0, 0.1) is 0 Å². The van der Waals surface area contributed by atoms with Gasteiger partial charge in [-0.25, -0.2) is 9.97 Å². The molecule has 4 heterocycles. The molecule has 4 N–H and O–H groups in total. The summed E-state index contributed by atoms with van der Waals surface area (Å²) in [6.45, 7) is 1.40. The van der Waals surface area contributed by atoms with E-state index in [1.54, 1.807) is 6.07 Å². The molecule has 0 radical (unpaired) electrons. The van der Waals surface area contributed by atoms with Gasteiger partial charge in [0.1, 0.15) is 29.8 Å². The van der Waals surface area contributed by atoms with E-state index in [9.17, 15) is 28.2 Å². The maximum Gasteiger partial charge on any atom is 0.434 e. The number of amides is 1. The molecule has 4 rings (SSSR count). The van der Waals surface area contributed by atoms with E-state index < -0.39 is 42.1 Å². The molecule has 1 saturated heterocycles. The molecule has 0 unspecified atom stereocenters. The Morgan fingerprint density at radius 1 is 1.24 bits per heavy atom. The van der Waals surface area contributed by atoms with Crippen molar-refractivity contribution in [3.8, 4) is 0 Å². The molecule has 2 aliphatic rings. The number of carbonyl (C=O) groups is 1. The second kappa shape index (κ2) is 9.78. The normalized spacial score (nSPS) is 25.5. The first-order valence-corrected chi connectivity index (χ1v) is 10.7. The number of likely N-dealkylation sites (N-methyl/N-ethyl adjacent to an activating group) is 1. The molecule has 10 nitrogen and oxygen atoms in total. The molecule has 2 aliphatic heterocycles. The van der Waals surface area contributed by atoms with E-state index in [1.807, 2.05) is 13.1 Å². The molecule has 34 heavy (non-hydrogen) atoms. The van der Waals surface area contributed by atoms with Gasteiger partial charge in [-0.15, -0.1) is 0 Å². The number of aromatic nitrogens is 3. The van der Waals surface area contributed by atoms with Crippen LogP contribution >= 0.6 is 0 Å². The molecular formula is C21H25F3N6O4. The van der Waals surface area contributed by atoms with Gasteiger partial charge in [-0.05, 0) is 18.7 Å². The number of hydrogen-bond donors (Lipinski definition) is 4. The van der Waals surface area contributed by atoms with Gasteiger partial charge in [0.05, 0.1) is 25.0 Å². The SMILES string of the molecule is CN1CCc2nc(C(=O)NC[C@H]3OC[C@H](Nc4cncc(C(F)(F)F)n4)[C@@H](O)[C@H]3O)ccc2C1. The summed E-state index contributed by atoms with van der Waals surface area (Å²) in [5.41, 5.74) is 1.01. The van der Waals surface area contributed by atoms with Crippen LogP contribution in [-0.4, -0.2) is 87.1 Å². The lowest BCUT2D eigenvalue weighted by atomic mass is 9.98. The second-order valence-corrected chi connectivity index (χ2v) is 8.39. The van der Waals surface area contributed by atoms with Gasteiger partial charge in [0.2, 0.25) is 0 Å². The minimum absolute atomic E-state index is 0.0886. The highest BCUT2D eigenvalue weighted by atomic mass is 19.4. The highest BCUT2D eigenvalue weighted by molar-refractivity contribution is 5.92. The highest BCUT2D eigenvalue weighted by Gasteiger charge is 2.39. The second-order valence-electron chi connectivity index (χ2n) is 8.39. The minimum atomic E-state index is -4.67. The maximum absolute atomic E-state index is 12.8. The van der Waals surface area contributed by atoms with Crippen molar-refractivity contribution in [3.63, 3.8) is 0 Å². The summed E-state index contributed by atoms with van der Waals surface area (Å²) < 4.78 is 44.0. The van der Waals surface area contributed by atoms with Gasteiger partial charge in [0.25, 0.3) is 5.91 Å². The van der Waals surface area contributed by atoms with Crippen LogP contribution in [0.2, 0.25) is 0 Å². The lowest BCUT2D eigenvalue weighted by Crippen LogP contribution is -2.58. The summed E-state index contributed by atoms with van der Waals surface area (Å²) in [7, 11) is 2.01. The quantitative estimate of drug-likeness (QED) is 0.472. The van der Waals surface area contributed by atoms with Crippen LogP contribution < -0.4 is 10.6 Å². The Bertz CT molecular complexity index is 1040. The van der Waals surface area contributed by atoms with Crippen LogP contribution in [0.25, 0.3) is 0 Å². The first-order valence-electron chi connectivity index (χ1n) is 10.7. The fraction of sp³-hybridized carbons (Fsp3) is 0.524. The van der Waals surface area contributed by atoms with E-state index in [-0.39, 0.29) is 24.7 Å². The lowest BCUT2D eigenvalue weighted by molar-refractivity contribution is -0.141. The van der Waals surface area contributed by atoms with Crippen LogP contribution in [0.3, 0.4) is 0 Å². The topological polar surface area (TPSA) is 133 Å². The van der Waals surface area contributed by atoms with Gasteiger partial charge in [-0.3, -0.25) is 9.78 Å². The van der Waals surface area contributed by atoms with Crippen molar-refractivity contribution in [3.05, 3.63) is 47.2 Å². The monoisotopic (exact) mass is 482 g/mol. The number of carbonyl (C=O) groups excluding carboxylic acids is 1. The summed E-state index contributed by atoms with van der Waals surface area (Å²) in [6.07, 6.45) is -5.97. The van der Waals surface area contributed by atoms with Gasteiger partial charge in [0, 0.05) is 31.7 Å². The average Bonchev–Trinajstić information content (AvgIpc) is 2.80. The Balaban J connectivity index is 1.32. The summed E-state index contributed by atoms with van der Waals surface area (Å²) in [5.74, 6) is -0.655. The van der Waals surface area contributed by atoms with Crippen LogP contribution in [0.15, 0.2) is 24.5 Å². The molecule has 13 heteroatoms. The number of nitrogens with zero attached hydrogens (tertiary/aromatic N) is 4. The first kappa shape index (κ1) is 24.3. The molecule has 1 fully saturated rings. The van der Waals surface area contributed by atoms with Crippen LogP contribution in [0.1, 0.15) is 27.4 Å². The molecule has 1 amide bonds. The molecular weight excluding hydrogens is 457 g/mol. The fourth-order valence-electron chi connectivity index (χ4n) is 3.92. The number of aliphatic hydroxyl groups excluding tert-OH is 2. The molecule has 4 atom stereocenters. The zero-order valence-electron chi connectivity index (χ0n) is 18.3. The maximum atomic E-state index is 12.8. The molecule has 184 valence electrons. The summed E-state index contributed by atoms with van der Waals surface area (Å²) in [6, 6.07) is 2.58.